The number of rotatable bonds is 12. The molecule has 0 bridgehead atoms. The minimum atomic E-state index is -4.29. The van der Waals surface area contributed by atoms with Gasteiger partial charge in [-0.05, 0) is 53.1 Å². The van der Waals surface area contributed by atoms with Gasteiger partial charge in [0.05, 0.1) is 4.90 Å². The van der Waals surface area contributed by atoms with Crippen LogP contribution in [0.15, 0.2) is 76.7 Å². The number of carboxylic acid groups (broad SMARTS) is 1. The van der Waals surface area contributed by atoms with E-state index in [-0.39, 0.29) is 47.3 Å². The van der Waals surface area contributed by atoms with E-state index < -0.39 is 27.8 Å². The molecule has 1 aliphatic rings. The minimum absolute atomic E-state index is 0.0455. The fourth-order valence-electron chi connectivity index (χ4n) is 4.79. The van der Waals surface area contributed by atoms with Crippen molar-refractivity contribution in [2.75, 3.05) is 6.79 Å². The van der Waals surface area contributed by atoms with Gasteiger partial charge < -0.3 is 24.5 Å². The van der Waals surface area contributed by atoms with Crippen molar-refractivity contribution < 1.29 is 41.4 Å². The standard InChI is InChI=1S/C30H28F2N4O7S2/c1-2-5-25-34-27(44-29(31)32)26(28(37)38)36(25)16-18-8-11-20(12-9-18)21-6-3-4-7-24(21)45(40,41)35-30(39)33-15-19-10-13-22-23(14-19)43-17-42-22/h3-4,6-14,29H,2,5,15-17H2,1H3,(H,37,38)(H2,33,35,39). The lowest BCUT2D eigenvalue weighted by Crippen LogP contribution is -2.39. The van der Waals surface area contributed by atoms with Gasteiger partial charge >= 0.3 is 12.0 Å². The Kier molecular flexibility index (Phi) is 9.58. The fourth-order valence-corrected chi connectivity index (χ4v) is 6.59. The van der Waals surface area contributed by atoms with E-state index in [4.69, 9.17) is 9.47 Å². The van der Waals surface area contributed by atoms with E-state index in [1.807, 2.05) is 11.6 Å². The number of carbonyl (C=O) groups excluding carboxylic acids is 1. The van der Waals surface area contributed by atoms with E-state index in [2.05, 4.69) is 10.3 Å². The number of carboxylic acids is 1. The Balaban J connectivity index is 1.33. The summed E-state index contributed by atoms with van der Waals surface area (Å²) in [5, 5.41) is 12.1. The number of ether oxygens (including phenoxy) is 2. The molecule has 3 N–H and O–H groups in total. The number of thioether (sulfide) groups is 1. The molecule has 2 heterocycles. The lowest BCUT2D eigenvalue weighted by atomic mass is 10.0. The number of aryl methyl sites for hydroxylation is 1. The highest BCUT2D eigenvalue weighted by atomic mass is 32.2. The van der Waals surface area contributed by atoms with Gasteiger partial charge in [-0.1, -0.05) is 55.5 Å². The van der Waals surface area contributed by atoms with Gasteiger partial charge in [0.25, 0.3) is 15.8 Å². The number of urea groups is 1. The number of fused-ring (bicyclic) bond motifs is 1. The molecule has 3 aromatic carbocycles. The summed E-state index contributed by atoms with van der Waals surface area (Å²) < 4.78 is 66.8. The zero-order valence-electron chi connectivity index (χ0n) is 23.8. The first-order chi connectivity index (χ1) is 21.6. The predicted molar refractivity (Wildman–Crippen MR) is 161 cm³/mol. The zero-order chi connectivity index (χ0) is 32.1. The van der Waals surface area contributed by atoms with Crippen LogP contribution in [-0.4, -0.2) is 47.6 Å². The summed E-state index contributed by atoms with van der Waals surface area (Å²) in [7, 11) is -4.29. The highest BCUT2D eigenvalue weighted by molar-refractivity contribution is 7.99. The first kappa shape index (κ1) is 31.8. The van der Waals surface area contributed by atoms with Crippen molar-refractivity contribution in [1.82, 2.24) is 19.6 Å². The Labute approximate surface area is 261 Å². The molecule has 1 aromatic heterocycles. The van der Waals surface area contributed by atoms with Crippen molar-refractivity contribution >= 4 is 33.8 Å². The van der Waals surface area contributed by atoms with Crippen LogP contribution in [0.5, 0.6) is 11.5 Å². The second kappa shape index (κ2) is 13.6. The highest BCUT2D eigenvalue weighted by Crippen LogP contribution is 2.33. The summed E-state index contributed by atoms with van der Waals surface area (Å²) in [6.07, 6.45) is 1.02. The van der Waals surface area contributed by atoms with Gasteiger partial charge in [0.2, 0.25) is 6.79 Å². The summed E-state index contributed by atoms with van der Waals surface area (Å²) in [5.41, 5.74) is 1.87. The van der Waals surface area contributed by atoms with Gasteiger partial charge in [0.15, 0.2) is 17.2 Å². The number of benzene rings is 3. The molecular weight excluding hydrogens is 630 g/mol. The van der Waals surface area contributed by atoms with Gasteiger partial charge in [-0.25, -0.2) is 27.7 Å². The van der Waals surface area contributed by atoms with Gasteiger partial charge in [-0.15, -0.1) is 0 Å². The number of halogens is 2. The molecule has 11 nitrogen and oxygen atoms in total. The first-order valence-electron chi connectivity index (χ1n) is 13.7. The molecule has 0 radical (unpaired) electrons. The van der Waals surface area contributed by atoms with Crippen molar-refractivity contribution in [2.24, 2.45) is 0 Å². The number of imidazole rings is 1. The number of hydrogen-bond donors (Lipinski definition) is 3. The lowest BCUT2D eigenvalue weighted by Gasteiger charge is -2.14. The van der Waals surface area contributed by atoms with Crippen LogP contribution in [0.4, 0.5) is 13.6 Å². The van der Waals surface area contributed by atoms with Crippen LogP contribution in [-0.2, 0) is 29.5 Å². The lowest BCUT2D eigenvalue weighted by molar-refractivity contribution is 0.0681. The summed E-state index contributed by atoms with van der Waals surface area (Å²) in [5.74, 6) is -2.70. The number of nitrogens with zero attached hydrogens (tertiary/aromatic N) is 2. The maximum atomic E-state index is 13.3. The van der Waals surface area contributed by atoms with Crippen molar-refractivity contribution in [3.05, 3.63) is 89.4 Å². The Morgan fingerprint density at radius 3 is 2.47 bits per heavy atom. The van der Waals surface area contributed by atoms with E-state index in [1.165, 1.54) is 16.7 Å². The third kappa shape index (κ3) is 7.37. The van der Waals surface area contributed by atoms with E-state index >= 15 is 0 Å². The third-order valence-electron chi connectivity index (χ3n) is 6.79. The molecule has 236 valence electrons. The zero-order valence-corrected chi connectivity index (χ0v) is 25.5. The van der Waals surface area contributed by atoms with E-state index in [1.54, 1.807) is 54.6 Å². The summed E-state index contributed by atoms with van der Waals surface area (Å²) in [6, 6.07) is 17.1. The van der Waals surface area contributed by atoms with Gasteiger partial charge in [0.1, 0.15) is 10.9 Å². The smallest absolute Gasteiger partial charge is 0.355 e. The normalized spacial score (nSPS) is 12.4. The van der Waals surface area contributed by atoms with Gasteiger partial charge in [-0.3, -0.25) is 0 Å². The molecule has 5 rings (SSSR count). The molecule has 0 fully saturated rings. The van der Waals surface area contributed by atoms with Crippen LogP contribution in [0, 0.1) is 0 Å². The van der Waals surface area contributed by atoms with Gasteiger partial charge in [0, 0.05) is 25.1 Å². The van der Waals surface area contributed by atoms with Crippen LogP contribution in [0.3, 0.4) is 0 Å². The second-order valence-electron chi connectivity index (χ2n) is 9.87. The van der Waals surface area contributed by atoms with E-state index in [0.29, 0.717) is 52.4 Å². The number of sulfonamides is 1. The van der Waals surface area contributed by atoms with Crippen LogP contribution < -0.4 is 19.5 Å². The molecule has 15 heteroatoms. The molecule has 0 atom stereocenters. The van der Waals surface area contributed by atoms with Crippen molar-refractivity contribution in [3.63, 3.8) is 0 Å². The summed E-state index contributed by atoms with van der Waals surface area (Å²) in [6.45, 7) is 2.08. The SMILES string of the molecule is CCCc1nc(SC(F)F)c(C(=O)O)n1Cc1ccc(-c2ccccc2S(=O)(=O)NC(=O)NCc2ccc3c(c2)OCO3)cc1. The molecule has 45 heavy (non-hydrogen) atoms. The van der Waals surface area contributed by atoms with Crippen LogP contribution in [0.1, 0.15) is 40.8 Å². The molecule has 0 spiro atoms. The largest absolute Gasteiger partial charge is 0.476 e. The quantitative estimate of drug-likeness (QED) is 0.168. The Hall–Kier alpha value is -4.63. The molecule has 2 amide bonds. The molecule has 0 aliphatic carbocycles. The van der Waals surface area contributed by atoms with Gasteiger partial charge in [-0.2, -0.15) is 8.78 Å². The molecule has 0 unspecified atom stereocenters. The maximum absolute atomic E-state index is 13.3. The van der Waals surface area contributed by atoms with E-state index in [0.717, 1.165) is 0 Å². The first-order valence-corrected chi connectivity index (χ1v) is 16.1. The summed E-state index contributed by atoms with van der Waals surface area (Å²) in [4.78, 5) is 28.6. The molecule has 0 saturated carbocycles. The Morgan fingerprint density at radius 2 is 1.76 bits per heavy atom. The Bertz CT molecular complexity index is 1830. The van der Waals surface area contributed by atoms with Crippen LogP contribution >= 0.6 is 11.8 Å². The minimum Gasteiger partial charge on any atom is -0.476 e. The summed E-state index contributed by atoms with van der Waals surface area (Å²) >= 11 is 0.0914. The van der Waals surface area contributed by atoms with Crippen LogP contribution in [0.25, 0.3) is 11.1 Å². The van der Waals surface area contributed by atoms with Crippen LogP contribution in [0.2, 0.25) is 0 Å². The molecular formula is C30H28F2N4O7S2. The highest BCUT2D eigenvalue weighted by Gasteiger charge is 2.26. The molecule has 4 aromatic rings. The van der Waals surface area contributed by atoms with E-state index in [9.17, 15) is 31.9 Å². The third-order valence-corrected chi connectivity index (χ3v) is 8.87. The number of aromatic carboxylic acids is 1. The molecule has 0 saturated heterocycles. The number of aromatic nitrogens is 2. The number of amides is 2. The predicted octanol–water partition coefficient (Wildman–Crippen LogP) is 5.48. The average molecular weight is 659 g/mol. The second-order valence-corrected chi connectivity index (χ2v) is 12.5. The fraction of sp³-hybridized carbons (Fsp3) is 0.233. The topological polar surface area (TPSA) is 149 Å². The van der Waals surface area contributed by atoms with Crippen molar-refractivity contribution in [3.8, 4) is 22.6 Å². The van der Waals surface area contributed by atoms with Crippen molar-refractivity contribution in [2.45, 2.75) is 48.5 Å². The maximum Gasteiger partial charge on any atom is 0.355 e. The number of nitrogens with one attached hydrogen (secondary N) is 2. The number of alkyl halides is 2. The molecule has 1 aliphatic heterocycles. The Morgan fingerprint density at radius 1 is 1.04 bits per heavy atom. The average Bonchev–Trinajstić information content (AvgIpc) is 3.60. The number of hydrogen-bond acceptors (Lipinski definition) is 8. The number of carbonyl (C=O) groups is 2. The van der Waals surface area contributed by atoms with Crippen molar-refractivity contribution in [1.29, 1.82) is 0 Å². The monoisotopic (exact) mass is 658 g/mol.